The number of ether oxygens (including phenoxy) is 2. The summed E-state index contributed by atoms with van der Waals surface area (Å²) in [6.07, 6.45) is 0.900. The van der Waals surface area contributed by atoms with Gasteiger partial charge in [0, 0.05) is 23.8 Å². The van der Waals surface area contributed by atoms with Gasteiger partial charge in [0.1, 0.15) is 22.2 Å². The van der Waals surface area contributed by atoms with Gasteiger partial charge in [-0.15, -0.1) is 0 Å². The van der Waals surface area contributed by atoms with Gasteiger partial charge in [0.15, 0.2) is 0 Å². The molecule has 30 heavy (non-hydrogen) atoms. The number of aromatic nitrogens is 1. The number of carbonyl (C=O) groups excluding carboxylic acids is 1. The van der Waals surface area contributed by atoms with E-state index in [9.17, 15) is 4.79 Å². The van der Waals surface area contributed by atoms with Gasteiger partial charge in [-0.25, -0.2) is 9.99 Å². The smallest absolute Gasteiger partial charge is 0.242 e. The van der Waals surface area contributed by atoms with Gasteiger partial charge in [-0.2, -0.15) is 5.10 Å². The number of para-hydroxylation sites is 1. The van der Waals surface area contributed by atoms with E-state index in [-0.39, 0.29) is 11.9 Å². The maximum absolute atomic E-state index is 12.7. The Morgan fingerprint density at radius 3 is 2.60 bits per heavy atom. The Morgan fingerprint density at radius 1 is 1.17 bits per heavy atom. The van der Waals surface area contributed by atoms with E-state index in [1.807, 2.05) is 55.5 Å². The maximum atomic E-state index is 12.7. The van der Waals surface area contributed by atoms with Crippen LogP contribution >= 0.6 is 11.6 Å². The van der Waals surface area contributed by atoms with Crippen molar-refractivity contribution >= 4 is 34.1 Å². The van der Waals surface area contributed by atoms with E-state index >= 15 is 0 Å². The summed E-state index contributed by atoms with van der Waals surface area (Å²) in [5, 5.41) is 7.43. The molecule has 0 N–H and O–H groups in total. The molecule has 1 atom stereocenters. The Kier molecular flexibility index (Phi) is 5.59. The monoisotopic (exact) mass is 423 g/mol. The summed E-state index contributed by atoms with van der Waals surface area (Å²) < 4.78 is 10.6. The highest BCUT2D eigenvalue weighted by Gasteiger charge is 2.34. The first-order valence-corrected chi connectivity index (χ1v) is 10.1. The van der Waals surface area contributed by atoms with Crippen LogP contribution in [0, 0.1) is 0 Å². The standard InChI is InChI=1S/C23H22ClN3O3/c1-4-21(28)27-19(13-18(26-27)14-8-10-16(29-2)11-9-14)17-12-15-6-5-7-20(30-3)22(15)25-23(17)24/h5-12,19H,4,13H2,1-3H3. The molecule has 1 aliphatic heterocycles. The second-order valence-electron chi connectivity index (χ2n) is 6.99. The second kappa shape index (κ2) is 8.32. The molecule has 0 aliphatic carbocycles. The molecule has 2 aromatic carbocycles. The molecule has 0 saturated heterocycles. The lowest BCUT2D eigenvalue weighted by Gasteiger charge is -2.22. The highest BCUT2D eigenvalue weighted by molar-refractivity contribution is 6.30. The van der Waals surface area contributed by atoms with E-state index in [4.69, 9.17) is 21.1 Å². The largest absolute Gasteiger partial charge is 0.497 e. The molecular weight excluding hydrogens is 402 g/mol. The molecule has 1 aromatic heterocycles. The molecule has 3 aromatic rings. The minimum atomic E-state index is -0.315. The fourth-order valence-electron chi connectivity index (χ4n) is 3.67. The van der Waals surface area contributed by atoms with Crippen LogP contribution in [0.5, 0.6) is 11.5 Å². The van der Waals surface area contributed by atoms with Crippen molar-refractivity contribution in [1.29, 1.82) is 0 Å². The van der Waals surface area contributed by atoms with Crippen molar-refractivity contribution in [3.05, 3.63) is 64.8 Å². The number of hydrazone groups is 1. The summed E-state index contributed by atoms with van der Waals surface area (Å²) in [6, 6.07) is 15.0. The average molecular weight is 424 g/mol. The number of carbonyl (C=O) groups is 1. The maximum Gasteiger partial charge on any atom is 0.242 e. The summed E-state index contributed by atoms with van der Waals surface area (Å²) in [5.41, 5.74) is 3.23. The molecule has 4 rings (SSSR count). The highest BCUT2D eigenvalue weighted by Crippen LogP contribution is 2.38. The topological polar surface area (TPSA) is 64.0 Å². The molecule has 6 nitrogen and oxygen atoms in total. The zero-order valence-electron chi connectivity index (χ0n) is 17.1. The molecule has 0 radical (unpaired) electrons. The van der Waals surface area contributed by atoms with Crippen LogP contribution < -0.4 is 9.47 Å². The van der Waals surface area contributed by atoms with Gasteiger partial charge in [-0.3, -0.25) is 4.79 Å². The molecule has 1 aliphatic rings. The van der Waals surface area contributed by atoms with Crippen molar-refractivity contribution < 1.29 is 14.3 Å². The van der Waals surface area contributed by atoms with Gasteiger partial charge in [0.05, 0.1) is 26.0 Å². The summed E-state index contributed by atoms with van der Waals surface area (Å²) >= 11 is 6.59. The van der Waals surface area contributed by atoms with Gasteiger partial charge in [0.25, 0.3) is 0 Å². The van der Waals surface area contributed by atoms with Crippen molar-refractivity contribution in [3.63, 3.8) is 0 Å². The Balaban J connectivity index is 1.75. The number of nitrogens with zero attached hydrogens (tertiary/aromatic N) is 3. The third-order valence-corrected chi connectivity index (χ3v) is 5.56. The molecule has 0 fully saturated rings. The zero-order valence-corrected chi connectivity index (χ0v) is 17.8. The average Bonchev–Trinajstić information content (AvgIpc) is 3.23. The SMILES string of the molecule is CCC(=O)N1N=C(c2ccc(OC)cc2)CC1c1cc2cccc(OC)c2nc1Cl. The van der Waals surface area contributed by atoms with Crippen LogP contribution in [-0.2, 0) is 4.79 Å². The first-order valence-electron chi connectivity index (χ1n) is 9.72. The van der Waals surface area contributed by atoms with Gasteiger partial charge in [-0.05, 0) is 42.0 Å². The molecule has 1 unspecified atom stereocenters. The van der Waals surface area contributed by atoms with Crippen LogP contribution in [0.25, 0.3) is 10.9 Å². The minimum Gasteiger partial charge on any atom is -0.497 e. The molecule has 0 bridgehead atoms. The number of pyridine rings is 1. The van der Waals surface area contributed by atoms with E-state index in [0.29, 0.717) is 29.3 Å². The van der Waals surface area contributed by atoms with Crippen molar-refractivity contribution in [2.45, 2.75) is 25.8 Å². The second-order valence-corrected chi connectivity index (χ2v) is 7.35. The number of rotatable bonds is 5. The van der Waals surface area contributed by atoms with E-state index in [1.54, 1.807) is 14.2 Å². The quantitative estimate of drug-likeness (QED) is 0.542. The van der Waals surface area contributed by atoms with Gasteiger partial charge in [0.2, 0.25) is 5.91 Å². The molecule has 1 amide bonds. The van der Waals surface area contributed by atoms with E-state index < -0.39 is 0 Å². The molecule has 0 saturated carbocycles. The lowest BCUT2D eigenvalue weighted by molar-refractivity contribution is -0.132. The molecule has 0 spiro atoms. The summed E-state index contributed by atoms with van der Waals surface area (Å²) in [5.74, 6) is 1.36. The van der Waals surface area contributed by atoms with Crippen LogP contribution in [0.1, 0.15) is 36.9 Å². The number of benzene rings is 2. The predicted molar refractivity (Wildman–Crippen MR) is 117 cm³/mol. The Labute approximate surface area is 180 Å². The molecule has 2 heterocycles. The number of halogens is 1. The normalized spacial score (nSPS) is 15.9. The van der Waals surface area contributed by atoms with Crippen LogP contribution in [0.15, 0.2) is 53.6 Å². The van der Waals surface area contributed by atoms with Gasteiger partial charge in [-0.1, -0.05) is 30.7 Å². The number of fused-ring (bicyclic) bond motifs is 1. The van der Waals surface area contributed by atoms with Crippen LogP contribution in [0.3, 0.4) is 0 Å². The van der Waals surface area contributed by atoms with Crippen molar-refractivity contribution in [1.82, 2.24) is 9.99 Å². The Hall–Kier alpha value is -3.12. The van der Waals surface area contributed by atoms with Gasteiger partial charge < -0.3 is 9.47 Å². The van der Waals surface area contributed by atoms with Crippen molar-refractivity contribution in [2.75, 3.05) is 14.2 Å². The lowest BCUT2D eigenvalue weighted by Crippen LogP contribution is -2.26. The van der Waals surface area contributed by atoms with Crippen LogP contribution in [-0.4, -0.2) is 35.8 Å². The molecule has 7 heteroatoms. The number of hydrogen-bond acceptors (Lipinski definition) is 5. The van der Waals surface area contributed by atoms with Crippen molar-refractivity contribution in [2.24, 2.45) is 5.10 Å². The summed E-state index contributed by atoms with van der Waals surface area (Å²) in [6.45, 7) is 1.82. The lowest BCUT2D eigenvalue weighted by atomic mass is 9.98. The zero-order chi connectivity index (χ0) is 21.3. The third kappa shape index (κ3) is 3.59. The fourth-order valence-corrected chi connectivity index (χ4v) is 3.93. The number of hydrogen-bond donors (Lipinski definition) is 0. The highest BCUT2D eigenvalue weighted by atomic mass is 35.5. The summed E-state index contributed by atoms with van der Waals surface area (Å²) in [4.78, 5) is 17.2. The van der Waals surface area contributed by atoms with Crippen LogP contribution in [0.4, 0.5) is 0 Å². The summed E-state index contributed by atoms with van der Waals surface area (Å²) in [7, 11) is 3.23. The Bertz CT molecular complexity index is 1130. The van der Waals surface area contributed by atoms with E-state index in [2.05, 4.69) is 10.1 Å². The van der Waals surface area contributed by atoms with Crippen LogP contribution in [0.2, 0.25) is 5.15 Å². The fraction of sp³-hybridized carbons (Fsp3) is 0.261. The molecule has 154 valence electrons. The third-order valence-electron chi connectivity index (χ3n) is 5.26. The number of methoxy groups -OCH3 is 2. The van der Waals surface area contributed by atoms with E-state index in [0.717, 1.165) is 28.0 Å². The predicted octanol–water partition coefficient (Wildman–Crippen LogP) is 4.99. The van der Waals surface area contributed by atoms with Crippen molar-refractivity contribution in [3.8, 4) is 11.5 Å². The minimum absolute atomic E-state index is 0.0645. The molecular formula is C23H22ClN3O3. The van der Waals surface area contributed by atoms with Gasteiger partial charge >= 0.3 is 0 Å². The first-order chi connectivity index (χ1) is 14.5. The van der Waals surface area contributed by atoms with E-state index in [1.165, 1.54) is 5.01 Å². The number of amides is 1. The Morgan fingerprint density at radius 2 is 1.93 bits per heavy atom. The first kappa shape index (κ1) is 20.2.